The molecule has 6 nitrogen and oxygen atoms in total. The van der Waals surface area contributed by atoms with Gasteiger partial charge in [0.15, 0.2) is 0 Å². The number of Topliss-reactive ketones (excluding diaryl/α,β-unsaturated/α-hetero) is 1. The quantitative estimate of drug-likeness (QED) is 0.348. The molecule has 0 atom stereocenters. The first kappa shape index (κ1) is 22.5. The molecule has 0 spiro atoms. The summed E-state index contributed by atoms with van der Waals surface area (Å²) < 4.78 is 51.6. The lowest BCUT2D eigenvalue weighted by atomic mass is 10.1. The zero-order chi connectivity index (χ0) is 23.6. The van der Waals surface area contributed by atoms with Crippen molar-refractivity contribution in [3.05, 3.63) is 89.2 Å². The van der Waals surface area contributed by atoms with Crippen LogP contribution in [0.4, 0.5) is 15.8 Å². The molecule has 3 aromatic rings. The van der Waals surface area contributed by atoms with Gasteiger partial charge in [-0.3, -0.25) is 4.79 Å². The lowest BCUT2D eigenvalue weighted by molar-refractivity contribution is 0.104. The van der Waals surface area contributed by atoms with Crippen LogP contribution in [0.5, 0.6) is 11.5 Å². The van der Waals surface area contributed by atoms with E-state index in [1.807, 2.05) is 13.8 Å². The molecule has 0 saturated carbocycles. The molecule has 0 radical (unpaired) electrons. The van der Waals surface area contributed by atoms with Crippen LogP contribution in [0.3, 0.4) is 0 Å². The Morgan fingerprint density at radius 2 is 1.45 bits per heavy atom. The number of ether oxygens (including phenoxy) is 2. The van der Waals surface area contributed by atoms with Gasteiger partial charge in [0.25, 0.3) is 0 Å². The molecule has 1 aliphatic heterocycles. The van der Waals surface area contributed by atoms with Crippen molar-refractivity contribution in [2.75, 3.05) is 18.1 Å². The number of nitrogens with zero attached hydrogens (tertiary/aromatic N) is 1. The lowest BCUT2D eigenvalue weighted by Crippen LogP contribution is -2.26. The van der Waals surface area contributed by atoms with Gasteiger partial charge in [-0.05, 0) is 80.6 Å². The van der Waals surface area contributed by atoms with Crippen molar-refractivity contribution in [1.82, 2.24) is 0 Å². The fourth-order valence-corrected chi connectivity index (χ4v) is 5.08. The fraction of sp³-hybridized carbons (Fsp3) is 0.160. The van der Waals surface area contributed by atoms with Gasteiger partial charge in [0.1, 0.15) is 22.2 Å². The number of sulfone groups is 1. The maximum Gasteiger partial charge on any atom is 0.214 e. The highest BCUT2D eigenvalue weighted by Gasteiger charge is 2.36. The molecule has 0 unspecified atom stereocenters. The fourth-order valence-electron chi connectivity index (χ4n) is 3.56. The van der Waals surface area contributed by atoms with E-state index in [2.05, 4.69) is 0 Å². The number of ketones is 1. The first-order chi connectivity index (χ1) is 15.8. The molecule has 0 aromatic heterocycles. The second-order valence-electron chi connectivity index (χ2n) is 7.19. The highest BCUT2D eigenvalue weighted by Crippen LogP contribution is 2.41. The molecule has 0 fully saturated rings. The molecule has 0 bridgehead atoms. The third-order valence-electron chi connectivity index (χ3n) is 5.08. The van der Waals surface area contributed by atoms with Gasteiger partial charge in [0.05, 0.1) is 23.8 Å². The van der Waals surface area contributed by atoms with Crippen LogP contribution in [0, 0.1) is 5.82 Å². The number of fused-ring (bicyclic) bond motifs is 1. The monoisotopic (exact) mass is 467 g/mol. The zero-order valence-electron chi connectivity index (χ0n) is 18.1. The molecule has 1 aliphatic rings. The predicted molar refractivity (Wildman–Crippen MR) is 123 cm³/mol. The van der Waals surface area contributed by atoms with Gasteiger partial charge in [0.2, 0.25) is 15.6 Å². The van der Waals surface area contributed by atoms with Crippen LogP contribution in [0.2, 0.25) is 0 Å². The van der Waals surface area contributed by atoms with Crippen LogP contribution in [-0.2, 0) is 9.84 Å². The number of carbonyl (C=O) groups excluding carboxylic acids is 1. The Kier molecular flexibility index (Phi) is 6.20. The summed E-state index contributed by atoms with van der Waals surface area (Å²) in [5, 5.41) is 0. The van der Waals surface area contributed by atoms with E-state index in [0.29, 0.717) is 30.4 Å². The largest absolute Gasteiger partial charge is 0.494 e. The molecule has 0 saturated heterocycles. The zero-order valence-corrected chi connectivity index (χ0v) is 18.9. The SMILES string of the molecule is CCOc1ccc(C(=O)C2=CN(c3ccc(OCC)cc3)c3cc(F)ccc3S2(=O)=O)cc1. The Hall–Kier alpha value is -3.65. The molecule has 8 heteroatoms. The highest BCUT2D eigenvalue weighted by molar-refractivity contribution is 7.96. The van der Waals surface area contributed by atoms with E-state index in [-0.39, 0.29) is 16.1 Å². The average molecular weight is 468 g/mol. The van der Waals surface area contributed by atoms with Gasteiger partial charge < -0.3 is 14.4 Å². The van der Waals surface area contributed by atoms with Gasteiger partial charge in [-0.1, -0.05) is 0 Å². The Bertz CT molecular complexity index is 1320. The first-order valence-corrected chi connectivity index (χ1v) is 11.9. The van der Waals surface area contributed by atoms with Gasteiger partial charge >= 0.3 is 0 Å². The van der Waals surface area contributed by atoms with Crippen molar-refractivity contribution in [2.45, 2.75) is 18.7 Å². The van der Waals surface area contributed by atoms with Crippen molar-refractivity contribution in [3.8, 4) is 11.5 Å². The van der Waals surface area contributed by atoms with E-state index in [9.17, 15) is 17.6 Å². The Labute approximate surface area is 191 Å². The molecule has 0 N–H and O–H groups in total. The summed E-state index contributed by atoms with van der Waals surface area (Å²) in [6.07, 6.45) is 1.24. The van der Waals surface area contributed by atoms with Crippen molar-refractivity contribution in [2.24, 2.45) is 0 Å². The molecule has 33 heavy (non-hydrogen) atoms. The number of allylic oxidation sites excluding steroid dienone is 1. The smallest absolute Gasteiger partial charge is 0.214 e. The van der Waals surface area contributed by atoms with E-state index in [0.717, 1.165) is 12.1 Å². The molecule has 0 aliphatic carbocycles. The Morgan fingerprint density at radius 3 is 2.03 bits per heavy atom. The van der Waals surface area contributed by atoms with Crippen molar-refractivity contribution in [1.29, 1.82) is 0 Å². The second kappa shape index (κ2) is 9.07. The minimum atomic E-state index is -4.18. The van der Waals surface area contributed by atoms with Crippen LogP contribution in [0.15, 0.2) is 82.7 Å². The topological polar surface area (TPSA) is 72.9 Å². The molecule has 4 rings (SSSR count). The number of carbonyl (C=O) groups is 1. The van der Waals surface area contributed by atoms with Crippen LogP contribution in [0.25, 0.3) is 0 Å². The number of benzene rings is 3. The average Bonchev–Trinajstić information content (AvgIpc) is 2.80. The number of hydrogen-bond donors (Lipinski definition) is 0. The second-order valence-corrected chi connectivity index (χ2v) is 9.08. The highest BCUT2D eigenvalue weighted by atomic mass is 32.2. The van der Waals surface area contributed by atoms with Crippen molar-refractivity contribution >= 4 is 27.0 Å². The number of anilines is 2. The standard InChI is InChI=1S/C25H22FNO5S/c1-3-31-20-10-5-17(6-11-20)25(28)24-16-27(19-8-12-21(13-9-19)32-4-2)22-15-18(26)7-14-23(22)33(24,29)30/h5-16H,3-4H2,1-2H3. The van der Waals surface area contributed by atoms with E-state index >= 15 is 0 Å². The van der Waals surface area contributed by atoms with Crippen LogP contribution >= 0.6 is 0 Å². The van der Waals surface area contributed by atoms with E-state index in [1.54, 1.807) is 36.4 Å². The summed E-state index contributed by atoms with van der Waals surface area (Å²) in [7, 11) is -4.18. The molecule has 0 amide bonds. The van der Waals surface area contributed by atoms with Gasteiger partial charge in [-0.2, -0.15) is 0 Å². The normalized spacial score (nSPS) is 14.3. The summed E-state index contributed by atoms with van der Waals surface area (Å²) in [4.78, 5) is 14.2. The summed E-state index contributed by atoms with van der Waals surface area (Å²) >= 11 is 0. The number of rotatable bonds is 7. The summed E-state index contributed by atoms with van der Waals surface area (Å²) in [5.74, 6) is -0.0371. The Morgan fingerprint density at radius 1 is 0.879 bits per heavy atom. The summed E-state index contributed by atoms with van der Waals surface area (Å²) in [6, 6.07) is 16.5. The van der Waals surface area contributed by atoms with Crippen LogP contribution in [0.1, 0.15) is 24.2 Å². The van der Waals surface area contributed by atoms with Crippen LogP contribution in [-0.4, -0.2) is 27.4 Å². The molecule has 1 heterocycles. The minimum absolute atomic E-state index is 0.127. The van der Waals surface area contributed by atoms with Gasteiger partial charge in [-0.15, -0.1) is 0 Å². The summed E-state index contributed by atoms with van der Waals surface area (Å²) in [6.45, 7) is 4.67. The molecular formula is C25H22FNO5S. The third-order valence-corrected chi connectivity index (χ3v) is 6.88. The van der Waals surface area contributed by atoms with E-state index in [4.69, 9.17) is 9.47 Å². The minimum Gasteiger partial charge on any atom is -0.494 e. The van der Waals surface area contributed by atoms with Gasteiger partial charge in [-0.25, -0.2) is 12.8 Å². The third kappa shape index (κ3) is 4.34. The van der Waals surface area contributed by atoms with Crippen molar-refractivity contribution < 1.29 is 27.1 Å². The maximum atomic E-state index is 14.1. The van der Waals surface area contributed by atoms with E-state index in [1.165, 1.54) is 29.3 Å². The molecular weight excluding hydrogens is 445 g/mol. The molecule has 170 valence electrons. The Balaban J connectivity index is 1.82. The maximum absolute atomic E-state index is 14.1. The lowest BCUT2D eigenvalue weighted by Gasteiger charge is -2.29. The summed E-state index contributed by atoms with van der Waals surface area (Å²) in [5.41, 5.74) is 0.880. The number of hydrogen-bond acceptors (Lipinski definition) is 6. The predicted octanol–water partition coefficient (Wildman–Crippen LogP) is 5.27. The van der Waals surface area contributed by atoms with Gasteiger partial charge in [0, 0.05) is 17.5 Å². The number of halogens is 1. The van der Waals surface area contributed by atoms with Crippen LogP contribution < -0.4 is 14.4 Å². The first-order valence-electron chi connectivity index (χ1n) is 10.4. The van der Waals surface area contributed by atoms with E-state index < -0.39 is 26.3 Å². The van der Waals surface area contributed by atoms with Crippen molar-refractivity contribution in [3.63, 3.8) is 0 Å². The molecule has 3 aromatic carbocycles.